The number of rotatable bonds is 1. The van der Waals surface area contributed by atoms with Gasteiger partial charge in [0, 0.05) is 24.5 Å². The summed E-state index contributed by atoms with van der Waals surface area (Å²) >= 11 is 0. The minimum Gasteiger partial charge on any atom is -0.399 e. The van der Waals surface area contributed by atoms with Crippen LogP contribution in [0.25, 0.3) is 0 Å². The molecule has 0 atom stereocenters. The quantitative estimate of drug-likeness (QED) is 0.521. The van der Waals surface area contributed by atoms with Crippen LogP contribution in [0.1, 0.15) is 6.42 Å². The zero-order valence-corrected chi connectivity index (χ0v) is 7.61. The van der Waals surface area contributed by atoms with E-state index in [9.17, 15) is 0 Å². The number of nitrogens with zero attached hydrogens (tertiary/aromatic N) is 1. The summed E-state index contributed by atoms with van der Waals surface area (Å²) in [5.41, 5.74) is 7.72. The Bertz CT molecular complexity index is 300. The third-order valence-corrected chi connectivity index (χ3v) is 2.32. The molecule has 1 heterocycles. The molecule has 13 heavy (non-hydrogen) atoms. The molecule has 1 aliphatic heterocycles. The molecule has 0 spiro atoms. The molecule has 1 aliphatic rings. The standard InChI is InChI=1S/C11H14N2/c12-10-4-6-11(7-5-10)13-8-2-1-3-9-13/h1-2,4-7H,3,8-9,12H2. The van der Waals surface area contributed by atoms with Crippen molar-refractivity contribution in [2.45, 2.75) is 6.42 Å². The molecule has 2 heteroatoms. The SMILES string of the molecule is Nc1ccc(N2CC=CCC2)cc1. The van der Waals surface area contributed by atoms with Gasteiger partial charge < -0.3 is 10.6 Å². The first-order chi connectivity index (χ1) is 6.36. The predicted molar refractivity (Wildman–Crippen MR) is 56.8 cm³/mol. The number of nitrogen functional groups attached to an aromatic ring is 1. The molecule has 0 radical (unpaired) electrons. The lowest BCUT2D eigenvalue weighted by Gasteiger charge is -2.25. The third kappa shape index (κ3) is 1.83. The molecular formula is C11H14N2. The van der Waals surface area contributed by atoms with E-state index >= 15 is 0 Å². The van der Waals surface area contributed by atoms with Crippen molar-refractivity contribution >= 4 is 11.4 Å². The van der Waals surface area contributed by atoms with Crippen LogP contribution < -0.4 is 10.6 Å². The monoisotopic (exact) mass is 174 g/mol. The van der Waals surface area contributed by atoms with Gasteiger partial charge in [-0.05, 0) is 30.7 Å². The maximum absolute atomic E-state index is 5.62. The molecule has 0 aromatic heterocycles. The molecule has 0 aliphatic carbocycles. The number of benzene rings is 1. The number of anilines is 2. The van der Waals surface area contributed by atoms with Gasteiger partial charge in [-0.15, -0.1) is 0 Å². The summed E-state index contributed by atoms with van der Waals surface area (Å²) < 4.78 is 0. The van der Waals surface area contributed by atoms with E-state index in [0.29, 0.717) is 0 Å². The second kappa shape index (κ2) is 3.52. The molecule has 68 valence electrons. The van der Waals surface area contributed by atoms with E-state index in [1.807, 2.05) is 12.1 Å². The maximum atomic E-state index is 5.62. The van der Waals surface area contributed by atoms with Crippen molar-refractivity contribution in [3.63, 3.8) is 0 Å². The minimum absolute atomic E-state index is 0.830. The van der Waals surface area contributed by atoms with Crippen molar-refractivity contribution in [1.29, 1.82) is 0 Å². The number of hydrogen-bond acceptors (Lipinski definition) is 2. The molecule has 0 saturated heterocycles. The molecule has 2 rings (SSSR count). The molecule has 0 saturated carbocycles. The van der Waals surface area contributed by atoms with Gasteiger partial charge in [0.05, 0.1) is 0 Å². The Morgan fingerprint density at radius 2 is 1.85 bits per heavy atom. The van der Waals surface area contributed by atoms with Gasteiger partial charge >= 0.3 is 0 Å². The molecule has 1 aromatic rings. The van der Waals surface area contributed by atoms with Crippen LogP contribution in [-0.4, -0.2) is 13.1 Å². The maximum Gasteiger partial charge on any atom is 0.0370 e. The lowest BCUT2D eigenvalue weighted by Crippen LogP contribution is -2.26. The van der Waals surface area contributed by atoms with E-state index in [-0.39, 0.29) is 0 Å². The van der Waals surface area contributed by atoms with E-state index in [4.69, 9.17) is 5.73 Å². The first kappa shape index (κ1) is 8.17. The van der Waals surface area contributed by atoms with Crippen LogP contribution in [0.4, 0.5) is 11.4 Å². The lowest BCUT2D eigenvalue weighted by molar-refractivity contribution is 0.821. The van der Waals surface area contributed by atoms with Gasteiger partial charge in [-0.2, -0.15) is 0 Å². The zero-order chi connectivity index (χ0) is 9.10. The smallest absolute Gasteiger partial charge is 0.0370 e. The summed E-state index contributed by atoms with van der Waals surface area (Å²) in [6, 6.07) is 8.06. The highest BCUT2D eigenvalue weighted by atomic mass is 15.1. The summed E-state index contributed by atoms with van der Waals surface area (Å²) in [6.07, 6.45) is 5.58. The molecule has 1 aromatic carbocycles. The van der Waals surface area contributed by atoms with Crippen LogP contribution >= 0.6 is 0 Å². The van der Waals surface area contributed by atoms with Gasteiger partial charge in [0.1, 0.15) is 0 Å². The van der Waals surface area contributed by atoms with E-state index < -0.39 is 0 Å². The normalized spacial score (nSPS) is 16.2. The van der Waals surface area contributed by atoms with Gasteiger partial charge in [-0.25, -0.2) is 0 Å². The first-order valence-corrected chi connectivity index (χ1v) is 4.62. The fraction of sp³-hybridized carbons (Fsp3) is 0.273. The fourth-order valence-electron chi connectivity index (χ4n) is 1.56. The molecule has 2 nitrogen and oxygen atoms in total. The Morgan fingerprint density at radius 3 is 2.46 bits per heavy atom. The van der Waals surface area contributed by atoms with E-state index in [0.717, 1.165) is 25.2 Å². The minimum atomic E-state index is 0.830. The van der Waals surface area contributed by atoms with Crippen LogP contribution in [0.3, 0.4) is 0 Å². The Morgan fingerprint density at radius 1 is 1.08 bits per heavy atom. The van der Waals surface area contributed by atoms with Crippen LogP contribution in [-0.2, 0) is 0 Å². The first-order valence-electron chi connectivity index (χ1n) is 4.62. The average Bonchev–Trinajstić information content (AvgIpc) is 2.20. The summed E-state index contributed by atoms with van der Waals surface area (Å²) in [4.78, 5) is 2.35. The van der Waals surface area contributed by atoms with Gasteiger partial charge in [0.25, 0.3) is 0 Å². The van der Waals surface area contributed by atoms with Gasteiger partial charge in [-0.3, -0.25) is 0 Å². The van der Waals surface area contributed by atoms with Gasteiger partial charge in [0.15, 0.2) is 0 Å². The molecule has 2 N–H and O–H groups in total. The Labute approximate surface area is 78.7 Å². The molecular weight excluding hydrogens is 160 g/mol. The molecule has 0 fully saturated rings. The second-order valence-corrected chi connectivity index (χ2v) is 3.30. The van der Waals surface area contributed by atoms with Crippen molar-refractivity contribution in [3.8, 4) is 0 Å². The molecule has 0 unspecified atom stereocenters. The third-order valence-electron chi connectivity index (χ3n) is 2.32. The van der Waals surface area contributed by atoms with E-state index in [1.54, 1.807) is 0 Å². The Kier molecular flexibility index (Phi) is 2.21. The van der Waals surface area contributed by atoms with E-state index in [1.165, 1.54) is 5.69 Å². The van der Waals surface area contributed by atoms with Crippen molar-refractivity contribution in [2.24, 2.45) is 0 Å². The average molecular weight is 174 g/mol. The summed E-state index contributed by atoms with van der Waals surface area (Å²) in [6.45, 7) is 2.13. The van der Waals surface area contributed by atoms with Gasteiger partial charge in [-0.1, -0.05) is 12.2 Å². The van der Waals surface area contributed by atoms with Crippen LogP contribution in [0, 0.1) is 0 Å². The topological polar surface area (TPSA) is 29.3 Å². The Balaban J connectivity index is 2.15. The van der Waals surface area contributed by atoms with Crippen LogP contribution in [0.15, 0.2) is 36.4 Å². The fourth-order valence-corrected chi connectivity index (χ4v) is 1.56. The van der Waals surface area contributed by atoms with Crippen molar-refractivity contribution in [3.05, 3.63) is 36.4 Å². The highest BCUT2D eigenvalue weighted by Crippen LogP contribution is 2.18. The number of nitrogens with two attached hydrogens (primary N) is 1. The van der Waals surface area contributed by atoms with Crippen LogP contribution in [0.2, 0.25) is 0 Å². The zero-order valence-electron chi connectivity index (χ0n) is 7.61. The van der Waals surface area contributed by atoms with Gasteiger partial charge in [0.2, 0.25) is 0 Å². The van der Waals surface area contributed by atoms with Crippen molar-refractivity contribution in [2.75, 3.05) is 23.7 Å². The van der Waals surface area contributed by atoms with E-state index in [2.05, 4.69) is 29.2 Å². The largest absolute Gasteiger partial charge is 0.399 e. The highest BCUT2D eigenvalue weighted by Gasteiger charge is 2.05. The summed E-state index contributed by atoms with van der Waals surface area (Å²) in [5.74, 6) is 0. The van der Waals surface area contributed by atoms with Crippen molar-refractivity contribution in [1.82, 2.24) is 0 Å². The number of hydrogen-bond donors (Lipinski definition) is 1. The predicted octanol–water partition coefficient (Wildman–Crippen LogP) is 2.04. The Hall–Kier alpha value is -1.44. The summed E-state index contributed by atoms with van der Waals surface area (Å²) in [7, 11) is 0. The lowest BCUT2D eigenvalue weighted by atomic mass is 10.2. The van der Waals surface area contributed by atoms with Crippen LogP contribution in [0.5, 0.6) is 0 Å². The summed E-state index contributed by atoms with van der Waals surface area (Å²) in [5, 5.41) is 0. The van der Waals surface area contributed by atoms with Crippen molar-refractivity contribution < 1.29 is 0 Å². The second-order valence-electron chi connectivity index (χ2n) is 3.30. The molecule has 0 bridgehead atoms. The molecule has 0 amide bonds. The highest BCUT2D eigenvalue weighted by molar-refractivity contribution is 5.53.